The lowest BCUT2D eigenvalue weighted by Crippen LogP contribution is -2.43. The minimum absolute atomic E-state index is 0.219. The van der Waals surface area contributed by atoms with Crippen LogP contribution in [0, 0.1) is 5.92 Å². The second-order valence-electron chi connectivity index (χ2n) is 7.77. The molecule has 0 aliphatic carbocycles. The Morgan fingerprint density at radius 3 is 2.81 bits per heavy atom. The van der Waals surface area contributed by atoms with E-state index in [1.54, 1.807) is 6.20 Å². The van der Waals surface area contributed by atoms with E-state index in [2.05, 4.69) is 9.97 Å². The molecule has 1 aliphatic heterocycles. The van der Waals surface area contributed by atoms with Crippen LogP contribution in [0.5, 0.6) is 5.88 Å². The molecule has 1 saturated heterocycles. The molecule has 1 aliphatic rings. The van der Waals surface area contributed by atoms with Gasteiger partial charge in [-0.25, -0.2) is 14.8 Å². The highest BCUT2D eigenvalue weighted by atomic mass is 16.6. The molecule has 1 aromatic heterocycles. The number of amides is 1. The lowest BCUT2D eigenvalue weighted by atomic mass is 9.95. The summed E-state index contributed by atoms with van der Waals surface area (Å²) in [7, 11) is 0. The van der Waals surface area contributed by atoms with Crippen molar-refractivity contribution >= 4 is 17.1 Å². The summed E-state index contributed by atoms with van der Waals surface area (Å²) in [5.74, 6) is 0.966. The first-order valence-electron chi connectivity index (χ1n) is 9.23. The van der Waals surface area contributed by atoms with Crippen LogP contribution in [0.4, 0.5) is 4.79 Å². The Kier molecular flexibility index (Phi) is 5.59. The Balaban J connectivity index is 1.48. The fourth-order valence-electron chi connectivity index (χ4n) is 3.13. The van der Waals surface area contributed by atoms with Crippen molar-refractivity contribution in [1.29, 1.82) is 0 Å². The van der Waals surface area contributed by atoms with Crippen molar-refractivity contribution in [2.45, 2.75) is 45.6 Å². The maximum absolute atomic E-state index is 12.2. The van der Waals surface area contributed by atoms with Gasteiger partial charge in [-0.1, -0.05) is 12.1 Å². The van der Waals surface area contributed by atoms with Crippen LogP contribution in [0.15, 0.2) is 30.5 Å². The number of rotatable bonds is 4. The normalized spacial score (nSPS) is 18.0. The number of nitrogens with zero attached hydrogens (tertiary/aromatic N) is 3. The second-order valence-corrected chi connectivity index (χ2v) is 7.77. The lowest BCUT2D eigenvalue weighted by Gasteiger charge is -2.34. The summed E-state index contributed by atoms with van der Waals surface area (Å²) in [5.41, 5.74) is 1.24. The smallest absolute Gasteiger partial charge is 0.410 e. The molecule has 1 aromatic carbocycles. The van der Waals surface area contributed by atoms with E-state index in [0.717, 1.165) is 43.4 Å². The van der Waals surface area contributed by atoms with E-state index in [0.29, 0.717) is 18.4 Å². The topological polar surface area (TPSA) is 64.5 Å². The second kappa shape index (κ2) is 7.89. The van der Waals surface area contributed by atoms with Gasteiger partial charge in [-0.3, -0.25) is 0 Å². The molecular weight excluding hydrogens is 330 g/mol. The monoisotopic (exact) mass is 357 g/mol. The first-order chi connectivity index (χ1) is 12.4. The van der Waals surface area contributed by atoms with E-state index in [9.17, 15) is 4.79 Å². The summed E-state index contributed by atoms with van der Waals surface area (Å²) in [6.07, 6.45) is 4.43. The molecule has 0 N–H and O–H groups in total. The quantitative estimate of drug-likeness (QED) is 0.826. The summed E-state index contributed by atoms with van der Waals surface area (Å²) in [6, 6.07) is 7.74. The van der Waals surface area contributed by atoms with Crippen molar-refractivity contribution in [3.8, 4) is 5.88 Å². The Morgan fingerprint density at radius 2 is 2.04 bits per heavy atom. The Labute approximate surface area is 154 Å². The average molecular weight is 357 g/mol. The lowest BCUT2D eigenvalue weighted by molar-refractivity contribution is 0.0154. The standard InChI is InChI=1S/C20H27N3O3/c1-20(2,3)26-19(24)23-11-6-7-15(14-23)10-12-25-18-13-21-16-8-4-5-9-17(16)22-18/h4-5,8-9,13,15H,6-7,10-12,14H2,1-3H3/t15-/m1/s1. The third-order valence-electron chi connectivity index (χ3n) is 4.37. The van der Waals surface area contributed by atoms with Crippen LogP contribution < -0.4 is 4.74 Å². The van der Waals surface area contributed by atoms with Crippen molar-refractivity contribution in [3.05, 3.63) is 30.5 Å². The van der Waals surface area contributed by atoms with Gasteiger partial charge in [0.25, 0.3) is 0 Å². The van der Waals surface area contributed by atoms with Gasteiger partial charge in [-0.05, 0) is 58.1 Å². The number of carbonyl (C=O) groups is 1. The fraction of sp³-hybridized carbons (Fsp3) is 0.550. The largest absolute Gasteiger partial charge is 0.477 e. The molecule has 140 valence electrons. The van der Waals surface area contributed by atoms with Crippen LogP contribution in [0.25, 0.3) is 11.0 Å². The van der Waals surface area contributed by atoms with E-state index in [1.807, 2.05) is 49.9 Å². The number of para-hydroxylation sites is 2. The molecule has 0 radical (unpaired) electrons. The zero-order chi connectivity index (χ0) is 18.6. The van der Waals surface area contributed by atoms with E-state index < -0.39 is 5.60 Å². The molecule has 1 amide bonds. The van der Waals surface area contributed by atoms with Crippen LogP contribution in [0.3, 0.4) is 0 Å². The van der Waals surface area contributed by atoms with Crippen LogP contribution in [-0.4, -0.2) is 46.3 Å². The van der Waals surface area contributed by atoms with Gasteiger partial charge in [0.05, 0.1) is 23.8 Å². The third kappa shape index (κ3) is 5.07. The van der Waals surface area contributed by atoms with Crippen LogP contribution in [0.1, 0.15) is 40.0 Å². The van der Waals surface area contributed by atoms with Crippen molar-refractivity contribution in [2.75, 3.05) is 19.7 Å². The van der Waals surface area contributed by atoms with Crippen LogP contribution >= 0.6 is 0 Å². The summed E-state index contributed by atoms with van der Waals surface area (Å²) < 4.78 is 11.3. The average Bonchev–Trinajstić information content (AvgIpc) is 2.60. The number of hydrogen-bond acceptors (Lipinski definition) is 5. The highest BCUT2D eigenvalue weighted by Crippen LogP contribution is 2.22. The van der Waals surface area contributed by atoms with Crippen molar-refractivity contribution in [3.63, 3.8) is 0 Å². The number of ether oxygens (including phenoxy) is 2. The number of benzene rings is 1. The maximum Gasteiger partial charge on any atom is 0.410 e. The minimum Gasteiger partial charge on any atom is -0.477 e. The van der Waals surface area contributed by atoms with Gasteiger partial charge in [-0.15, -0.1) is 0 Å². The van der Waals surface area contributed by atoms with E-state index in [-0.39, 0.29) is 6.09 Å². The molecule has 3 rings (SSSR count). The fourth-order valence-corrected chi connectivity index (χ4v) is 3.13. The summed E-state index contributed by atoms with van der Waals surface area (Å²) in [5, 5.41) is 0. The molecular formula is C20H27N3O3. The Bertz CT molecular complexity index is 757. The number of piperidine rings is 1. The van der Waals surface area contributed by atoms with Gasteiger partial charge < -0.3 is 14.4 Å². The predicted molar refractivity (Wildman–Crippen MR) is 100 cm³/mol. The number of aromatic nitrogens is 2. The molecule has 1 fully saturated rings. The molecule has 0 saturated carbocycles. The molecule has 0 bridgehead atoms. The molecule has 26 heavy (non-hydrogen) atoms. The maximum atomic E-state index is 12.2. The summed E-state index contributed by atoms with van der Waals surface area (Å²) in [6.45, 7) is 7.74. The SMILES string of the molecule is CC(C)(C)OC(=O)N1CCC[C@H](CCOc2cnc3ccccc3n2)C1. The van der Waals surface area contributed by atoms with Crippen LogP contribution in [0.2, 0.25) is 0 Å². The number of hydrogen-bond donors (Lipinski definition) is 0. The zero-order valence-corrected chi connectivity index (χ0v) is 15.8. The number of carbonyl (C=O) groups excluding carboxylic acids is 1. The van der Waals surface area contributed by atoms with Gasteiger partial charge in [0.2, 0.25) is 5.88 Å². The zero-order valence-electron chi connectivity index (χ0n) is 15.8. The van der Waals surface area contributed by atoms with Crippen molar-refractivity contribution in [2.24, 2.45) is 5.92 Å². The molecule has 6 heteroatoms. The molecule has 0 unspecified atom stereocenters. The van der Waals surface area contributed by atoms with Gasteiger partial charge in [-0.2, -0.15) is 0 Å². The molecule has 6 nitrogen and oxygen atoms in total. The minimum atomic E-state index is -0.456. The number of likely N-dealkylation sites (tertiary alicyclic amines) is 1. The third-order valence-corrected chi connectivity index (χ3v) is 4.37. The first-order valence-corrected chi connectivity index (χ1v) is 9.23. The predicted octanol–water partition coefficient (Wildman–Crippen LogP) is 4.05. The van der Waals surface area contributed by atoms with Gasteiger partial charge >= 0.3 is 6.09 Å². The molecule has 1 atom stereocenters. The van der Waals surface area contributed by atoms with E-state index >= 15 is 0 Å². The number of fused-ring (bicyclic) bond motifs is 1. The van der Waals surface area contributed by atoms with Gasteiger partial charge in [0, 0.05) is 13.1 Å². The highest BCUT2D eigenvalue weighted by molar-refractivity contribution is 5.73. The molecule has 2 aromatic rings. The first kappa shape index (κ1) is 18.4. The Morgan fingerprint density at radius 1 is 1.27 bits per heavy atom. The van der Waals surface area contributed by atoms with Gasteiger partial charge in [0.1, 0.15) is 5.60 Å². The molecule has 0 spiro atoms. The summed E-state index contributed by atoms with van der Waals surface area (Å²) in [4.78, 5) is 22.9. The summed E-state index contributed by atoms with van der Waals surface area (Å²) >= 11 is 0. The van der Waals surface area contributed by atoms with Crippen molar-refractivity contribution in [1.82, 2.24) is 14.9 Å². The van der Waals surface area contributed by atoms with E-state index in [4.69, 9.17) is 9.47 Å². The van der Waals surface area contributed by atoms with Crippen LogP contribution in [-0.2, 0) is 4.74 Å². The van der Waals surface area contributed by atoms with Crippen molar-refractivity contribution < 1.29 is 14.3 Å². The van der Waals surface area contributed by atoms with E-state index in [1.165, 1.54) is 0 Å². The highest BCUT2D eigenvalue weighted by Gasteiger charge is 2.27. The Hall–Kier alpha value is -2.37. The molecule has 2 heterocycles. The van der Waals surface area contributed by atoms with Gasteiger partial charge in [0.15, 0.2) is 0 Å².